The molecular formula is C29H27IN2O4. The van der Waals surface area contributed by atoms with Crippen molar-refractivity contribution in [1.29, 1.82) is 5.26 Å². The maximum atomic E-state index is 12.8. The number of rotatable bonds is 11. The molecule has 0 spiro atoms. The molecule has 1 amide bonds. The van der Waals surface area contributed by atoms with Crippen molar-refractivity contribution in [2.45, 2.75) is 20.5 Å². The maximum Gasteiger partial charge on any atom is 0.266 e. The van der Waals surface area contributed by atoms with E-state index in [0.717, 1.165) is 9.13 Å². The van der Waals surface area contributed by atoms with Crippen LogP contribution in [0.15, 0.2) is 78.9 Å². The molecule has 0 saturated heterocycles. The molecule has 0 saturated carbocycles. The smallest absolute Gasteiger partial charge is 0.266 e. The molecule has 0 aliphatic carbocycles. The number of anilines is 1. The highest BCUT2D eigenvalue weighted by Gasteiger charge is 2.14. The Morgan fingerprint density at radius 3 is 2.44 bits per heavy atom. The number of aryl methyl sites for hydroxylation is 1. The van der Waals surface area contributed by atoms with E-state index in [2.05, 4.69) is 34.5 Å². The molecule has 184 valence electrons. The molecule has 3 aromatic carbocycles. The number of carbonyl (C=O) groups is 1. The number of halogens is 1. The fourth-order valence-corrected chi connectivity index (χ4v) is 4.00. The Bertz CT molecular complexity index is 1280. The summed E-state index contributed by atoms with van der Waals surface area (Å²) in [5.41, 5.74) is 3.45. The van der Waals surface area contributed by atoms with Gasteiger partial charge in [0.15, 0.2) is 11.5 Å². The molecule has 0 aromatic heterocycles. The fraction of sp³-hybridized carbons (Fsp3) is 0.172. The predicted molar refractivity (Wildman–Crippen MR) is 150 cm³/mol. The van der Waals surface area contributed by atoms with Gasteiger partial charge in [0.05, 0.1) is 10.2 Å². The van der Waals surface area contributed by atoms with Gasteiger partial charge >= 0.3 is 0 Å². The first kappa shape index (κ1) is 26.8. The molecule has 36 heavy (non-hydrogen) atoms. The number of nitrogens with one attached hydrogen (secondary N) is 1. The van der Waals surface area contributed by atoms with Crippen LogP contribution in [-0.2, 0) is 11.4 Å². The third kappa shape index (κ3) is 7.62. The molecule has 3 aromatic rings. The number of nitriles is 1. The molecule has 0 unspecified atom stereocenters. The first-order valence-corrected chi connectivity index (χ1v) is 12.4. The summed E-state index contributed by atoms with van der Waals surface area (Å²) in [5, 5.41) is 12.4. The van der Waals surface area contributed by atoms with Crippen molar-refractivity contribution in [3.05, 3.63) is 99.2 Å². The Balaban J connectivity index is 1.69. The summed E-state index contributed by atoms with van der Waals surface area (Å²) in [4.78, 5) is 12.8. The van der Waals surface area contributed by atoms with E-state index >= 15 is 0 Å². The van der Waals surface area contributed by atoms with Crippen molar-refractivity contribution in [1.82, 2.24) is 0 Å². The lowest BCUT2D eigenvalue weighted by Crippen LogP contribution is -2.13. The van der Waals surface area contributed by atoms with Crippen molar-refractivity contribution in [3.63, 3.8) is 0 Å². The van der Waals surface area contributed by atoms with Crippen LogP contribution in [0.3, 0.4) is 0 Å². The van der Waals surface area contributed by atoms with Crippen molar-refractivity contribution < 1.29 is 19.0 Å². The van der Waals surface area contributed by atoms with Crippen molar-refractivity contribution >= 4 is 40.3 Å². The number of benzene rings is 3. The highest BCUT2D eigenvalue weighted by Crippen LogP contribution is 2.35. The van der Waals surface area contributed by atoms with Crippen molar-refractivity contribution in [2.75, 3.05) is 18.5 Å². The van der Waals surface area contributed by atoms with Crippen molar-refractivity contribution in [2.24, 2.45) is 0 Å². The first-order valence-electron chi connectivity index (χ1n) is 11.3. The van der Waals surface area contributed by atoms with Gasteiger partial charge in [0.2, 0.25) is 0 Å². The molecule has 3 rings (SSSR count). The lowest BCUT2D eigenvalue weighted by atomic mass is 10.1. The highest BCUT2D eigenvalue weighted by atomic mass is 127. The number of nitrogens with zero attached hydrogens (tertiary/aromatic N) is 1. The van der Waals surface area contributed by atoms with E-state index in [9.17, 15) is 10.1 Å². The zero-order valence-electron chi connectivity index (χ0n) is 20.2. The summed E-state index contributed by atoms with van der Waals surface area (Å²) in [6.45, 7) is 8.82. The maximum absolute atomic E-state index is 12.8. The van der Waals surface area contributed by atoms with E-state index in [1.165, 1.54) is 11.6 Å². The number of carbonyl (C=O) groups excluding carboxylic acids is 1. The van der Waals surface area contributed by atoms with Crippen LogP contribution < -0.4 is 19.5 Å². The molecule has 7 heteroatoms. The van der Waals surface area contributed by atoms with Crippen LogP contribution in [0.1, 0.15) is 23.6 Å². The number of hydrogen-bond acceptors (Lipinski definition) is 5. The minimum absolute atomic E-state index is 0.0345. The Kier molecular flexibility index (Phi) is 9.95. The molecular weight excluding hydrogens is 567 g/mol. The van der Waals surface area contributed by atoms with Crippen LogP contribution in [0.25, 0.3) is 6.08 Å². The van der Waals surface area contributed by atoms with Gasteiger partial charge in [-0.2, -0.15) is 5.26 Å². The van der Waals surface area contributed by atoms with Crippen LogP contribution in [0.5, 0.6) is 17.2 Å². The third-order valence-corrected chi connectivity index (χ3v) is 5.79. The van der Waals surface area contributed by atoms with Gasteiger partial charge in [-0.15, -0.1) is 0 Å². The van der Waals surface area contributed by atoms with Gasteiger partial charge in [0.25, 0.3) is 5.91 Å². The van der Waals surface area contributed by atoms with Gasteiger partial charge in [-0.25, -0.2) is 0 Å². The summed E-state index contributed by atoms with van der Waals surface area (Å²) in [7, 11) is 0. The number of hydrogen-bond donors (Lipinski definition) is 1. The molecule has 0 bridgehead atoms. The second kappa shape index (κ2) is 13.4. The molecule has 0 radical (unpaired) electrons. The molecule has 0 aliphatic rings. The van der Waals surface area contributed by atoms with E-state index in [-0.39, 0.29) is 5.57 Å². The van der Waals surface area contributed by atoms with E-state index in [4.69, 9.17) is 14.2 Å². The number of amides is 1. The largest absolute Gasteiger partial charge is 0.490 e. The van der Waals surface area contributed by atoms with Gasteiger partial charge in [0.1, 0.15) is 30.6 Å². The molecule has 0 aliphatic heterocycles. The SMILES string of the molecule is C=CCOc1c(I)cc(/C=C(\C#N)C(=O)Nc2ccc(OCc3ccc(C)cc3)cc2)cc1OCC. The van der Waals surface area contributed by atoms with E-state index in [1.54, 1.807) is 36.4 Å². The van der Waals surface area contributed by atoms with Gasteiger partial charge in [-0.1, -0.05) is 42.5 Å². The standard InChI is InChI=1S/C29H27IN2O4/c1-4-14-35-28-26(30)16-22(17-27(28)34-5-2)15-23(18-31)29(33)32-24-10-12-25(13-11-24)36-19-21-8-6-20(3)7-9-21/h4,6-13,15-17H,1,5,14,19H2,2-3H3,(H,32,33)/b23-15+. The quantitative estimate of drug-likeness (QED) is 0.116. The molecule has 0 heterocycles. The summed E-state index contributed by atoms with van der Waals surface area (Å²) >= 11 is 2.14. The van der Waals surface area contributed by atoms with Crippen molar-refractivity contribution in [3.8, 4) is 23.3 Å². The summed E-state index contributed by atoms with van der Waals surface area (Å²) in [6.07, 6.45) is 3.18. The third-order valence-electron chi connectivity index (χ3n) is 4.99. The van der Waals surface area contributed by atoms with Gasteiger partial charge in [-0.3, -0.25) is 4.79 Å². The Morgan fingerprint density at radius 2 is 1.81 bits per heavy atom. The topological polar surface area (TPSA) is 80.6 Å². The summed E-state index contributed by atoms with van der Waals surface area (Å²) in [5.74, 6) is 1.31. The first-order chi connectivity index (χ1) is 17.4. The van der Waals surface area contributed by atoms with Crippen LogP contribution in [0, 0.1) is 21.8 Å². The fourth-order valence-electron chi connectivity index (χ4n) is 3.22. The lowest BCUT2D eigenvalue weighted by molar-refractivity contribution is -0.112. The summed E-state index contributed by atoms with van der Waals surface area (Å²) in [6, 6.07) is 20.7. The van der Waals surface area contributed by atoms with Gasteiger partial charge in [-0.05, 0) is 90.0 Å². The second-order valence-electron chi connectivity index (χ2n) is 7.79. The molecule has 6 nitrogen and oxygen atoms in total. The monoisotopic (exact) mass is 594 g/mol. The Labute approximate surface area is 225 Å². The molecule has 0 atom stereocenters. The zero-order chi connectivity index (χ0) is 25.9. The Morgan fingerprint density at radius 1 is 1.08 bits per heavy atom. The van der Waals surface area contributed by atoms with Gasteiger partial charge in [0, 0.05) is 5.69 Å². The van der Waals surface area contributed by atoms with Crippen LogP contribution >= 0.6 is 22.6 Å². The minimum Gasteiger partial charge on any atom is -0.490 e. The van der Waals surface area contributed by atoms with Crippen LogP contribution in [-0.4, -0.2) is 19.1 Å². The van der Waals surface area contributed by atoms with E-state index in [0.29, 0.717) is 48.3 Å². The van der Waals surface area contributed by atoms with E-state index < -0.39 is 5.91 Å². The Hall–Kier alpha value is -3.77. The summed E-state index contributed by atoms with van der Waals surface area (Å²) < 4.78 is 18.0. The van der Waals surface area contributed by atoms with E-state index in [1.807, 2.05) is 50.2 Å². The average molecular weight is 594 g/mol. The highest BCUT2D eigenvalue weighted by molar-refractivity contribution is 14.1. The van der Waals surface area contributed by atoms with Crippen LogP contribution in [0.2, 0.25) is 0 Å². The lowest BCUT2D eigenvalue weighted by Gasteiger charge is -2.14. The van der Waals surface area contributed by atoms with Gasteiger partial charge < -0.3 is 19.5 Å². The molecule has 0 fully saturated rings. The molecule has 1 N–H and O–H groups in total. The zero-order valence-corrected chi connectivity index (χ0v) is 22.4. The normalized spacial score (nSPS) is 10.8. The average Bonchev–Trinajstić information content (AvgIpc) is 2.87. The van der Waals surface area contributed by atoms with Crippen LogP contribution in [0.4, 0.5) is 5.69 Å². The number of ether oxygens (including phenoxy) is 3. The minimum atomic E-state index is -0.509. The predicted octanol–water partition coefficient (Wildman–Crippen LogP) is 6.69. The second-order valence-corrected chi connectivity index (χ2v) is 8.95.